The molecule has 0 amide bonds. The smallest absolute Gasteiger partial charge is 0.236 e. The second-order valence-corrected chi connectivity index (χ2v) is 12.6. The maximum Gasteiger partial charge on any atom is 0.236 e. The third kappa shape index (κ3) is 5.23. The van der Waals surface area contributed by atoms with Crippen molar-refractivity contribution in [3.05, 3.63) is 41.7 Å². The minimum absolute atomic E-state index is 0.195. The zero-order valence-electron chi connectivity index (χ0n) is 23.8. The summed E-state index contributed by atoms with van der Waals surface area (Å²) < 4.78 is 2.43. The zero-order chi connectivity index (χ0) is 26.9. The Morgan fingerprint density at radius 2 is 1.74 bits per heavy atom. The van der Waals surface area contributed by atoms with Gasteiger partial charge in [-0.1, -0.05) is 63.4 Å². The van der Waals surface area contributed by atoms with Crippen molar-refractivity contribution in [3.8, 4) is 6.07 Å². The van der Waals surface area contributed by atoms with E-state index in [1.807, 2.05) is 0 Å². The number of hydrogen-bond donors (Lipinski definition) is 1. The normalized spacial score (nSPS) is 26.7. The Labute approximate surface area is 233 Å². The summed E-state index contributed by atoms with van der Waals surface area (Å²) in [5.41, 5.74) is 2.96. The molecule has 0 bridgehead atoms. The van der Waals surface area contributed by atoms with Gasteiger partial charge in [-0.25, -0.2) is 0 Å². The quantitative estimate of drug-likeness (QED) is 0.354. The van der Waals surface area contributed by atoms with Crippen molar-refractivity contribution in [3.63, 3.8) is 0 Å². The van der Waals surface area contributed by atoms with Crippen molar-refractivity contribution < 1.29 is 0 Å². The van der Waals surface area contributed by atoms with E-state index < -0.39 is 0 Å². The number of nitriles is 1. The Morgan fingerprint density at radius 1 is 0.974 bits per heavy atom. The lowest BCUT2D eigenvalue weighted by molar-refractivity contribution is 0.264. The number of nitrogens with one attached hydrogen (secondary N) is 1. The first kappa shape index (κ1) is 26.1. The van der Waals surface area contributed by atoms with Crippen LogP contribution in [0.2, 0.25) is 0 Å². The number of anilines is 2. The number of fused-ring (bicyclic) bond motifs is 1. The summed E-state index contributed by atoms with van der Waals surface area (Å²) in [5.74, 6) is 4.56. The summed E-state index contributed by atoms with van der Waals surface area (Å²) in [7, 11) is 0. The van der Waals surface area contributed by atoms with Crippen molar-refractivity contribution in [2.45, 2.75) is 97.2 Å². The van der Waals surface area contributed by atoms with Crippen molar-refractivity contribution in [2.24, 2.45) is 23.7 Å². The maximum absolute atomic E-state index is 9.81. The minimum atomic E-state index is 0.195. The SMILES string of the molecule is CC1CCCN(c2nc3nc(C#N)nc(N[C@H](C)C4CCC4)c3n2C[C@H]2CC[C@H](C)CC2)C1c1ccccc1. The third-order valence-corrected chi connectivity index (χ3v) is 9.81. The zero-order valence-corrected chi connectivity index (χ0v) is 23.8. The first-order valence-electron chi connectivity index (χ1n) is 15.3. The Morgan fingerprint density at radius 3 is 2.44 bits per heavy atom. The molecule has 2 aromatic heterocycles. The van der Waals surface area contributed by atoms with Crippen LogP contribution in [0.1, 0.15) is 96.0 Å². The number of imidazole rings is 1. The summed E-state index contributed by atoms with van der Waals surface area (Å²) in [6.45, 7) is 8.91. The molecule has 3 aromatic rings. The van der Waals surface area contributed by atoms with Crippen molar-refractivity contribution in [1.29, 1.82) is 5.26 Å². The molecule has 0 spiro atoms. The van der Waals surface area contributed by atoms with Crippen LogP contribution in [0.15, 0.2) is 30.3 Å². The van der Waals surface area contributed by atoms with Gasteiger partial charge in [-0.3, -0.25) is 0 Å². The van der Waals surface area contributed by atoms with Gasteiger partial charge in [0.05, 0.1) is 6.04 Å². The highest BCUT2D eigenvalue weighted by molar-refractivity contribution is 5.86. The molecule has 1 aliphatic heterocycles. The first-order valence-corrected chi connectivity index (χ1v) is 15.3. The highest BCUT2D eigenvalue weighted by atomic mass is 15.4. The fourth-order valence-corrected chi connectivity index (χ4v) is 7.18. The molecule has 3 heterocycles. The molecule has 0 radical (unpaired) electrons. The predicted molar refractivity (Wildman–Crippen MR) is 157 cm³/mol. The van der Waals surface area contributed by atoms with Crippen LogP contribution in [0.4, 0.5) is 11.8 Å². The van der Waals surface area contributed by atoms with Crippen LogP contribution >= 0.6 is 0 Å². The molecule has 7 nitrogen and oxygen atoms in total. The molecule has 3 aliphatic rings. The van der Waals surface area contributed by atoms with Crippen molar-refractivity contribution in [2.75, 3.05) is 16.8 Å². The van der Waals surface area contributed by atoms with E-state index in [4.69, 9.17) is 9.97 Å². The Bertz CT molecular complexity index is 1310. The van der Waals surface area contributed by atoms with Gasteiger partial charge in [0.15, 0.2) is 11.5 Å². The predicted octanol–water partition coefficient (Wildman–Crippen LogP) is 7.10. The van der Waals surface area contributed by atoms with Gasteiger partial charge >= 0.3 is 0 Å². The van der Waals surface area contributed by atoms with Gasteiger partial charge in [0, 0.05) is 19.1 Å². The monoisotopic (exact) mass is 525 g/mol. The van der Waals surface area contributed by atoms with Crippen LogP contribution in [-0.2, 0) is 6.54 Å². The maximum atomic E-state index is 9.81. The third-order valence-electron chi connectivity index (χ3n) is 9.81. The molecule has 39 heavy (non-hydrogen) atoms. The van der Waals surface area contributed by atoms with Gasteiger partial charge < -0.3 is 14.8 Å². The van der Waals surface area contributed by atoms with E-state index in [2.05, 4.69) is 76.9 Å². The van der Waals surface area contributed by atoms with Crippen molar-refractivity contribution >= 4 is 22.9 Å². The molecule has 2 unspecified atom stereocenters. The molecule has 3 fully saturated rings. The number of hydrogen-bond acceptors (Lipinski definition) is 6. The lowest BCUT2D eigenvalue weighted by Crippen LogP contribution is -2.40. The van der Waals surface area contributed by atoms with Crippen molar-refractivity contribution in [1.82, 2.24) is 19.5 Å². The highest BCUT2D eigenvalue weighted by Crippen LogP contribution is 2.42. The minimum Gasteiger partial charge on any atom is -0.365 e. The van der Waals surface area contributed by atoms with Crippen LogP contribution in [-0.4, -0.2) is 32.1 Å². The molecule has 1 N–H and O–H groups in total. The molecule has 2 saturated carbocycles. The van der Waals surface area contributed by atoms with Crippen LogP contribution in [0.25, 0.3) is 11.2 Å². The number of benzene rings is 1. The molecular formula is C32H43N7. The number of piperidine rings is 1. The number of aromatic nitrogens is 4. The van der Waals surface area contributed by atoms with Gasteiger partial charge in [0.1, 0.15) is 11.6 Å². The fourth-order valence-electron chi connectivity index (χ4n) is 7.18. The molecule has 6 rings (SSSR count). The number of nitrogens with zero attached hydrogens (tertiary/aromatic N) is 6. The largest absolute Gasteiger partial charge is 0.365 e. The summed E-state index contributed by atoms with van der Waals surface area (Å²) in [4.78, 5) is 17.2. The molecular weight excluding hydrogens is 482 g/mol. The van der Waals surface area contributed by atoms with E-state index in [0.29, 0.717) is 29.4 Å². The molecule has 1 saturated heterocycles. The second-order valence-electron chi connectivity index (χ2n) is 12.6. The van der Waals surface area contributed by atoms with Gasteiger partial charge in [-0.15, -0.1) is 0 Å². The highest BCUT2D eigenvalue weighted by Gasteiger charge is 2.35. The average molecular weight is 526 g/mol. The molecule has 2 aliphatic carbocycles. The molecule has 7 heteroatoms. The lowest BCUT2D eigenvalue weighted by Gasteiger charge is -2.41. The van der Waals surface area contributed by atoms with Gasteiger partial charge in [-0.2, -0.15) is 20.2 Å². The lowest BCUT2D eigenvalue weighted by atomic mass is 9.80. The summed E-state index contributed by atoms with van der Waals surface area (Å²) in [6.07, 6.45) is 11.2. The Hall–Kier alpha value is -3.14. The van der Waals surface area contributed by atoms with E-state index >= 15 is 0 Å². The van der Waals surface area contributed by atoms with Gasteiger partial charge in [0.25, 0.3) is 0 Å². The molecule has 3 atom stereocenters. The summed E-state index contributed by atoms with van der Waals surface area (Å²) in [5, 5.41) is 13.5. The van der Waals surface area contributed by atoms with E-state index in [0.717, 1.165) is 42.7 Å². The summed E-state index contributed by atoms with van der Waals surface area (Å²) in [6, 6.07) is 13.7. The first-order chi connectivity index (χ1) is 19.0. The second kappa shape index (κ2) is 11.2. The molecule has 1 aromatic carbocycles. The van der Waals surface area contributed by atoms with Crippen LogP contribution in [0.5, 0.6) is 0 Å². The van der Waals surface area contributed by atoms with Crippen LogP contribution in [0.3, 0.4) is 0 Å². The van der Waals surface area contributed by atoms with E-state index in [-0.39, 0.29) is 11.9 Å². The molecule has 206 valence electrons. The van der Waals surface area contributed by atoms with Crippen LogP contribution in [0, 0.1) is 35.0 Å². The summed E-state index contributed by atoms with van der Waals surface area (Å²) >= 11 is 0. The standard InChI is InChI=1S/C32H43N7/c1-21-14-16-24(17-15-21)20-39-29-30(34-23(3)25-12-7-13-25)35-27(19-33)36-31(29)37-32(39)38-18-8-9-22(2)28(38)26-10-5-4-6-11-26/h4-6,10-11,21-25,28H,7-9,12-18,20H2,1-3H3,(H,34,35,36)/t21-,22?,23-,24-,28?/m1/s1. The average Bonchev–Trinajstić information content (AvgIpc) is 3.27. The van der Waals surface area contributed by atoms with Gasteiger partial charge in [0.2, 0.25) is 11.8 Å². The van der Waals surface area contributed by atoms with Crippen LogP contribution < -0.4 is 10.2 Å². The number of rotatable bonds is 7. The van der Waals surface area contributed by atoms with E-state index in [9.17, 15) is 5.26 Å². The van der Waals surface area contributed by atoms with E-state index in [1.165, 1.54) is 56.9 Å². The van der Waals surface area contributed by atoms with E-state index in [1.54, 1.807) is 0 Å². The fraction of sp³-hybridized carbons (Fsp3) is 0.625. The topological polar surface area (TPSA) is 82.7 Å². The van der Waals surface area contributed by atoms with Gasteiger partial charge in [-0.05, 0) is 74.7 Å². The Kier molecular flexibility index (Phi) is 7.47. The Balaban J connectivity index is 1.48.